The third kappa shape index (κ3) is 4.58. The lowest BCUT2D eigenvalue weighted by atomic mass is 10.0. The number of carbonyl (C=O) groups excluding carboxylic acids is 1. The number of nitrogens with zero attached hydrogens (tertiary/aromatic N) is 1. The van der Waals surface area contributed by atoms with Crippen molar-refractivity contribution < 1.29 is 9.53 Å². The van der Waals surface area contributed by atoms with Crippen LogP contribution in [0.15, 0.2) is 48.8 Å². The Balaban J connectivity index is 1.90. The lowest BCUT2D eigenvalue weighted by Crippen LogP contribution is -2.28. The van der Waals surface area contributed by atoms with Gasteiger partial charge >= 0.3 is 0 Å². The number of methoxy groups -OCH3 is 1. The average Bonchev–Trinajstić information content (AvgIpc) is 2.59. The molecule has 0 bridgehead atoms. The molecule has 1 aromatic heterocycles. The average molecular weight is 298 g/mol. The molecule has 0 saturated heterocycles. The van der Waals surface area contributed by atoms with Gasteiger partial charge in [0.25, 0.3) is 0 Å². The van der Waals surface area contributed by atoms with E-state index >= 15 is 0 Å². The normalized spacial score (nSPS) is 11.7. The summed E-state index contributed by atoms with van der Waals surface area (Å²) in [7, 11) is 1.65. The molecule has 116 valence electrons. The number of hydrogen-bond donors (Lipinski definition) is 1. The molecule has 4 heteroatoms. The van der Waals surface area contributed by atoms with E-state index in [1.165, 1.54) is 0 Å². The van der Waals surface area contributed by atoms with Crippen LogP contribution in [0.5, 0.6) is 5.75 Å². The van der Waals surface area contributed by atoms with E-state index in [-0.39, 0.29) is 11.9 Å². The first-order valence-electron chi connectivity index (χ1n) is 7.55. The fourth-order valence-electron chi connectivity index (χ4n) is 2.33. The number of rotatable bonds is 7. The molecule has 0 radical (unpaired) electrons. The van der Waals surface area contributed by atoms with Gasteiger partial charge in [-0.15, -0.1) is 0 Å². The summed E-state index contributed by atoms with van der Waals surface area (Å²) in [5.74, 6) is 0.882. The lowest BCUT2D eigenvalue weighted by molar-refractivity contribution is -0.121. The third-order valence-corrected chi connectivity index (χ3v) is 3.63. The van der Waals surface area contributed by atoms with Crippen molar-refractivity contribution in [2.75, 3.05) is 7.11 Å². The zero-order chi connectivity index (χ0) is 15.8. The summed E-state index contributed by atoms with van der Waals surface area (Å²) in [6.07, 6.45) is 5.57. The molecule has 2 aromatic rings. The van der Waals surface area contributed by atoms with Gasteiger partial charge in [0.15, 0.2) is 0 Å². The third-order valence-electron chi connectivity index (χ3n) is 3.63. The minimum atomic E-state index is 0.0345. The van der Waals surface area contributed by atoms with Gasteiger partial charge in [-0.2, -0.15) is 0 Å². The second-order valence-corrected chi connectivity index (χ2v) is 5.16. The number of carbonyl (C=O) groups is 1. The Hall–Kier alpha value is -2.36. The molecule has 2 rings (SSSR count). The Morgan fingerprint density at radius 2 is 2.05 bits per heavy atom. The van der Waals surface area contributed by atoms with E-state index in [2.05, 4.69) is 17.2 Å². The van der Waals surface area contributed by atoms with E-state index in [1.54, 1.807) is 19.5 Å². The molecule has 1 amide bonds. The highest BCUT2D eigenvalue weighted by Gasteiger charge is 2.12. The Bertz CT molecular complexity index is 582. The van der Waals surface area contributed by atoms with Gasteiger partial charge < -0.3 is 10.1 Å². The largest absolute Gasteiger partial charge is 0.497 e. The van der Waals surface area contributed by atoms with Crippen LogP contribution in [-0.4, -0.2) is 18.0 Å². The summed E-state index contributed by atoms with van der Waals surface area (Å²) in [6, 6.07) is 11.7. The Labute approximate surface area is 131 Å². The van der Waals surface area contributed by atoms with Crippen molar-refractivity contribution in [2.24, 2.45) is 0 Å². The number of amides is 1. The van der Waals surface area contributed by atoms with E-state index in [0.29, 0.717) is 12.8 Å². The zero-order valence-electron chi connectivity index (χ0n) is 13.1. The summed E-state index contributed by atoms with van der Waals surface area (Å²) < 4.78 is 5.16. The smallest absolute Gasteiger partial charge is 0.220 e. The number of hydrogen-bond acceptors (Lipinski definition) is 3. The van der Waals surface area contributed by atoms with Crippen molar-refractivity contribution >= 4 is 5.91 Å². The van der Waals surface area contributed by atoms with Crippen molar-refractivity contribution in [2.45, 2.75) is 32.2 Å². The zero-order valence-corrected chi connectivity index (χ0v) is 13.1. The fraction of sp³-hybridized carbons (Fsp3) is 0.333. The van der Waals surface area contributed by atoms with E-state index in [4.69, 9.17) is 4.74 Å². The first kappa shape index (κ1) is 16.0. The number of pyridine rings is 1. The lowest BCUT2D eigenvalue weighted by Gasteiger charge is -2.18. The molecule has 0 aliphatic rings. The molecule has 22 heavy (non-hydrogen) atoms. The van der Waals surface area contributed by atoms with Crippen molar-refractivity contribution in [3.63, 3.8) is 0 Å². The summed E-state index contributed by atoms with van der Waals surface area (Å²) >= 11 is 0. The van der Waals surface area contributed by atoms with Crippen molar-refractivity contribution in [3.8, 4) is 5.75 Å². The predicted octanol–water partition coefficient (Wildman–Crippen LogP) is 3.29. The molecule has 0 fully saturated rings. The van der Waals surface area contributed by atoms with Crippen LogP contribution in [0.1, 0.15) is 36.9 Å². The maximum atomic E-state index is 12.1. The van der Waals surface area contributed by atoms with E-state index in [0.717, 1.165) is 23.3 Å². The SMILES string of the molecule is CCC(NC(=O)CCc1cccnc1)c1ccc(OC)cc1. The van der Waals surface area contributed by atoms with Gasteiger partial charge in [-0.1, -0.05) is 25.1 Å². The van der Waals surface area contributed by atoms with Gasteiger partial charge in [-0.25, -0.2) is 0 Å². The second kappa shape index (κ2) is 8.17. The number of aromatic nitrogens is 1. The fourth-order valence-corrected chi connectivity index (χ4v) is 2.33. The van der Waals surface area contributed by atoms with Crippen LogP contribution < -0.4 is 10.1 Å². The van der Waals surface area contributed by atoms with Gasteiger partial charge in [0, 0.05) is 18.8 Å². The van der Waals surface area contributed by atoms with Crippen LogP contribution in [0, 0.1) is 0 Å². The van der Waals surface area contributed by atoms with E-state index < -0.39 is 0 Å². The van der Waals surface area contributed by atoms with Gasteiger partial charge in [-0.05, 0) is 42.2 Å². The van der Waals surface area contributed by atoms with Crippen LogP contribution in [-0.2, 0) is 11.2 Å². The van der Waals surface area contributed by atoms with Crippen molar-refractivity contribution in [1.82, 2.24) is 10.3 Å². The molecule has 1 aromatic carbocycles. The highest BCUT2D eigenvalue weighted by atomic mass is 16.5. The number of nitrogens with one attached hydrogen (secondary N) is 1. The van der Waals surface area contributed by atoms with E-state index in [1.807, 2.05) is 36.4 Å². The number of benzene rings is 1. The summed E-state index contributed by atoms with van der Waals surface area (Å²) in [5.41, 5.74) is 2.17. The molecule has 1 unspecified atom stereocenters. The molecular formula is C18H22N2O2. The monoisotopic (exact) mass is 298 g/mol. The van der Waals surface area contributed by atoms with Crippen LogP contribution in [0.3, 0.4) is 0 Å². The molecule has 1 N–H and O–H groups in total. The molecular weight excluding hydrogens is 276 g/mol. The van der Waals surface area contributed by atoms with Gasteiger partial charge in [0.2, 0.25) is 5.91 Å². The molecule has 0 spiro atoms. The highest BCUT2D eigenvalue weighted by Crippen LogP contribution is 2.20. The standard InChI is InChI=1S/C18H22N2O2/c1-3-17(15-7-9-16(22-2)10-8-15)20-18(21)11-6-14-5-4-12-19-13-14/h4-5,7-10,12-13,17H,3,6,11H2,1-2H3,(H,20,21). The molecule has 0 aliphatic heterocycles. The predicted molar refractivity (Wildman–Crippen MR) is 86.7 cm³/mol. The molecule has 0 aliphatic carbocycles. The quantitative estimate of drug-likeness (QED) is 0.853. The Morgan fingerprint density at radius 1 is 1.27 bits per heavy atom. The van der Waals surface area contributed by atoms with Gasteiger partial charge in [0.1, 0.15) is 5.75 Å². The molecule has 4 nitrogen and oxygen atoms in total. The summed E-state index contributed by atoms with van der Waals surface area (Å²) in [4.78, 5) is 16.2. The Kier molecular flexibility index (Phi) is 5.95. The van der Waals surface area contributed by atoms with Gasteiger partial charge in [0.05, 0.1) is 13.2 Å². The maximum Gasteiger partial charge on any atom is 0.220 e. The molecule has 1 atom stereocenters. The number of ether oxygens (including phenoxy) is 1. The van der Waals surface area contributed by atoms with Crippen LogP contribution in [0.25, 0.3) is 0 Å². The minimum Gasteiger partial charge on any atom is -0.497 e. The van der Waals surface area contributed by atoms with Crippen molar-refractivity contribution in [1.29, 1.82) is 0 Å². The summed E-state index contributed by atoms with van der Waals surface area (Å²) in [5, 5.41) is 3.09. The topological polar surface area (TPSA) is 51.2 Å². The Morgan fingerprint density at radius 3 is 2.64 bits per heavy atom. The number of aryl methyl sites for hydroxylation is 1. The van der Waals surface area contributed by atoms with Crippen LogP contribution in [0.2, 0.25) is 0 Å². The van der Waals surface area contributed by atoms with Crippen LogP contribution >= 0.6 is 0 Å². The van der Waals surface area contributed by atoms with Crippen molar-refractivity contribution in [3.05, 3.63) is 59.9 Å². The summed E-state index contributed by atoms with van der Waals surface area (Å²) in [6.45, 7) is 2.07. The van der Waals surface area contributed by atoms with Gasteiger partial charge in [-0.3, -0.25) is 9.78 Å². The van der Waals surface area contributed by atoms with E-state index in [9.17, 15) is 4.79 Å². The van der Waals surface area contributed by atoms with Crippen LogP contribution in [0.4, 0.5) is 0 Å². The molecule has 1 heterocycles. The first-order valence-corrected chi connectivity index (χ1v) is 7.55. The highest BCUT2D eigenvalue weighted by molar-refractivity contribution is 5.76. The molecule has 0 saturated carbocycles. The first-order chi connectivity index (χ1) is 10.7. The maximum absolute atomic E-state index is 12.1. The minimum absolute atomic E-state index is 0.0345. The second-order valence-electron chi connectivity index (χ2n) is 5.16.